The van der Waals surface area contributed by atoms with Crippen LogP contribution in [-0.2, 0) is 0 Å². The van der Waals surface area contributed by atoms with Gasteiger partial charge in [0.2, 0.25) is 0 Å². The Morgan fingerprint density at radius 3 is 2.76 bits per heavy atom. The first-order chi connectivity index (χ1) is 8.08. The fourth-order valence-electron chi connectivity index (χ4n) is 1.46. The van der Waals surface area contributed by atoms with E-state index in [9.17, 15) is 9.18 Å². The number of pyridine rings is 1. The molecule has 0 radical (unpaired) electrons. The number of hydrogen-bond acceptors (Lipinski definition) is 3. The van der Waals surface area contributed by atoms with Gasteiger partial charge in [0.15, 0.2) is 11.6 Å². The number of nitrogen functional groups attached to an aromatic ring is 1. The molecule has 1 aromatic heterocycles. The van der Waals surface area contributed by atoms with Crippen LogP contribution >= 0.6 is 11.6 Å². The van der Waals surface area contributed by atoms with E-state index in [1.54, 1.807) is 0 Å². The molecule has 0 aliphatic heterocycles. The van der Waals surface area contributed by atoms with Crippen molar-refractivity contribution in [3.8, 4) is 0 Å². The molecule has 1 aromatic carbocycles. The van der Waals surface area contributed by atoms with Gasteiger partial charge in [-0.2, -0.15) is 0 Å². The monoisotopic (exact) mass is 250 g/mol. The van der Waals surface area contributed by atoms with E-state index in [4.69, 9.17) is 17.3 Å². The molecule has 0 fully saturated rings. The molecule has 0 spiro atoms. The summed E-state index contributed by atoms with van der Waals surface area (Å²) in [5.74, 6) is -1.14. The summed E-state index contributed by atoms with van der Waals surface area (Å²) in [6.45, 7) is 0. The lowest BCUT2D eigenvalue weighted by atomic mass is 10.0. The van der Waals surface area contributed by atoms with Crippen LogP contribution in [0.1, 0.15) is 15.9 Å². The quantitative estimate of drug-likeness (QED) is 0.659. The van der Waals surface area contributed by atoms with Gasteiger partial charge in [0, 0.05) is 22.5 Å². The van der Waals surface area contributed by atoms with E-state index in [-0.39, 0.29) is 11.1 Å². The summed E-state index contributed by atoms with van der Waals surface area (Å²) in [5, 5.41) is 0.336. The van der Waals surface area contributed by atoms with E-state index in [1.807, 2.05) is 0 Å². The van der Waals surface area contributed by atoms with Gasteiger partial charge in [-0.3, -0.25) is 9.78 Å². The maximum absolute atomic E-state index is 13.4. The molecule has 0 atom stereocenters. The number of nitrogens with two attached hydrogens (primary N) is 1. The van der Waals surface area contributed by atoms with E-state index in [0.717, 1.165) is 6.20 Å². The summed E-state index contributed by atoms with van der Waals surface area (Å²) in [5.41, 5.74) is 6.12. The summed E-state index contributed by atoms with van der Waals surface area (Å²) >= 11 is 5.78. The fourth-order valence-corrected chi connectivity index (χ4v) is 1.70. The zero-order valence-electron chi connectivity index (χ0n) is 8.65. The number of carbonyl (C=O) groups excluding carboxylic acids is 1. The minimum atomic E-state index is -0.670. The van der Waals surface area contributed by atoms with Gasteiger partial charge in [-0.25, -0.2) is 4.39 Å². The first-order valence-electron chi connectivity index (χ1n) is 4.78. The molecule has 5 heteroatoms. The van der Waals surface area contributed by atoms with E-state index in [1.165, 1.54) is 30.5 Å². The Morgan fingerprint density at radius 2 is 2.12 bits per heavy atom. The second-order valence-electron chi connectivity index (χ2n) is 3.46. The van der Waals surface area contributed by atoms with Crippen molar-refractivity contribution in [2.45, 2.75) is 0 Å². The topological polar surface area (TPSA) is 56.0 Å². The number of aromatic nitrogens is 1. The molecule has 0 saturated carbocycles. The van der Waals surface area contributed by atoms with Gasteiger partial charge in [0.25, 0.3) is 0 Å². The minimum absolute atomic E-state index is 0.0540. The SMILES string of the molecule is Nc1cc(Cl)cc(C(=O)c2ccncc2F)c1. The van der Waals surface area contributed by atoms with E-state index in [0.29, 0.717) is 10.7 Å². The summed E-state index contributed by atoms with van der Waals surface area (Å²) in [6, 6.07) is 5.73. The second kappa shape index (κ2) is 4.51. The molecule has 2 N–H and O–H groups in total. The van der Waals surface area contributed by atoms with Crippen molar-refractivity contribution < 1.29 is 9.18 Å². The molecule has 0 aliphatic rings. The summed E-state index contributed by atoms with van der Waals surface area (Å²) in [7, 11) is 0. The van der Waals surface area contributed by atoms with Gasteiger partial charge in [0.1, 0.15) is 0 Å². The van der Waals surface area contributed by atoms with Crippen LogP contribution in [0.4, 0.5) is 10.1 Å². The van der Waals surface area contributed by atoms with Gasteiger partial charge < -0.3 is 5.73 Å². The van der Waals surface area contributed by atoms with Crippen molar-refractivity contribution in [3.63, 3.8) is 0 Å². The highest BCUT2D eigenvalue weighted by Gasteiger charge is 2.14. The third-order valence-electron chi connectivity index (χ3n) is 2.20. The number of anilines is 1. The number of benzene rings is 1. The van der Waals surface area contributed by atoms with Crippen LogP contribution in [0.25, 0.3) is 0 Å². The van der Waals surface area contributed by atoms with Gasteiger partial charge >= 0.3 is 0 Å². The molecule has 2 rings (SSSR count). The Kier molecular flexibility index (Phi) is 3.06. The highest BCUT2D eigenvalue weighted by atomic mass is 35.5. The van der Waals surface area contributed by atoms with Gasteiger partial charge in [-0.15, -0.1) is 0 Å². The molecule has 3 nitrogen and oxygen atoms in total. The Labute approximate surface area is 102 Å². The zero-order valence-corrected chi connectivity index (χ0v) is 9.41. The molecule has 17 heavy (non-hydrogen) atoms. The Morgan fingerprint density at radius 1 is 1.35 bits per heavy atom. The number of carbonyl (C=O) groups is 1. The molecule has 0 bridgehead atoms. The fraction of sp³-hybridized carbons (Fsp3) is 0. The van der Waals surface area contributed by atoms with Crippen molar-refractivity contribution in [1.82, 2.24) is 4.98 Å². The van der Waals surface area contributed by atoms with Crippen LogP contribution < -0.4 is 5.73 Å². The maximum Gasteiger partial charge on any atom is 0.196 e. The zero-order chi connectivity index (χ0) is 12.4. The van der Waals surface area contributed by atoms with Crippen molar-refractivity contribution >= 4 is 23.1 Å². The summed E-state index contributed by atoms with van der Waals surface area (Å²) < 4.78 is 13.4. The van der Waals surface area contributed by atoms with E-state index >= 15 is 0 Å². The predicted octanol–water partition coefficient (Wildman–Crippen LogP) is 2.69. The van der Waals surface area contributed by atoms with Gasteiger partial charge in [-0.1, -0.05) is 11.6 Å². The largest absolute Gasteiger partial charge is 0.399 e. The number of ketones is 1. The average molecular weight is 251 g/mol. The third kappa shape index (κ3) is 2.42. The number of nitrogens with zero attached hydrogens (tertiary/aromatic N) is 1. The van der Waals surface area contributed by atoms with Crippen molar-refractivity contribution in [2.75, 3.05) is 5.73 Å². The van der Waals surface area contributed by atoms with Crippen LogP contribution in [0, 0.1) is 5.82 Å². The number of rotatable bonds is 2. The lowest BCUT2D eigenvalue weighted by molar-refractivity contribution is 0.103. The van der Waals surface area contributed by atoms with E-state index < -0.39 is 11.6 Å². The smallest absolute Gasteiger partial charge is 0.196 e. The lowest BCUT2D eigenvalue weighted by Crippen LogP contribution is -2.05. The van der Waals surface area contributed by atoms with Crippen molar-refractivity contribution in [2.24, 2.45) is 0 Å². The highest BCUT2D eigenvalue weighted by Crippen LogP contribution is 2.20. The average Bonchev–Trinajstić information content (AvgIpc) is 2.27. The maximum atomic E-state index is 13.4. The molecular weight excluding hydrogens is 243 g/mol. The highest BCUT2D eigenvalue weighted by molar-refractivity contribution is 6.31. The van der Waals surface area contributed by atoms with Crippen LogP contribution in [0.15, 0.2) is 36.7 Å². The summed E-state index contributed by atoms with van der Waals surface area (Å²) in [4.78, 5) is 15.6. The molecule has 0 aliphatic carbocycles. The Hall–Kier alpha value is -1.94. The van der Waals surface area contributed by atoms with E-state index in [2.05, 4.69) is 4.98 Å². The predicted molar refractivity (Wildman–Crippen MR) is 63.5 cm³/mol. The molecular formula is C12H8ClFN2O. The Bertz CT molecular complexity index is 566. The molecule has 86 valence electrons. The normalized spacial score (nSPS) is 10.2. The van der Waals surface area contributed by atoms with Crippen molar-refractivity contribution in [1.29, 1.82) is 0 Å². The lowest BCUT2D eigenvalue weighted by Gasteiger charge is -2.04. The van der Waals surface area contributed by atoms with Crippen LogP contribution in [-0.4, -0.2) is 10.8 Å². The number of hydrogen-bond donors (Lipinski definition) is 1. The third-order valence-corrected chi connectivity index (χ3v) is 2.42. The molecule has 2 aromatic rings. The van der Waals surface area contributed by atoms with Gasteiger partial charge in [0.05, 0.1) is 11.8 Å². The Balaban J connectivity index is 2.48. The first-order valence-corrected chi connectivity index (χ1v) is 5.16. The van der Waals surface area contributed by atoms with Gasteiger partial charge in [-0.05, 0) is 24.3 Å². The first kappa shape index (κ1) is 11.5. The van der Waals surface area contributed by atoms with Crippen LogP contribution in [0.2, 0.25) is 5.02 Å². The second-order valence-corrected chi connectivity index (χ2v) is 3.89. The van der Waals surface area contributed by atoms with Crippen molar-refractivity contribution in [3.05, 3.63) is 58.6 Å². The molecule has 1 heterocycles. The standard InChI is InChI=1S/C12H8ClFN2O/c13-8-3-7(4-9(15)5-8)12(17)10-1-2-16-6-11(10)14/h1-6H,15H2. The van der Waals surface area contributed by atoms with Crippen LogP contribution in [0.3, 0.4) is 0 Å². The molecule has 0 amide bonds. The van der Waals surface area contributed by atoms with Crippen LogP contribution in [0.5, 0.6) is 0 Å². The summed E-state index contributed by atoms with van der Waals surface area (Å²) in [6.07, 6.45) is 2.34. The molecule has 0 unspecified atom stereocenters. The minimum Gasteiger partial charge on any atom is -0.399 e. The number of halogens is 2. The molecule has 0 saturated heterocycles.